The summed E-state index contributed by atoms with van der Waals surface area (Å²) in [5.41, 5.74) is 7.57. The molecule has 3 N–H and O–H groups in total. The SMILES string of the molecule is CCC(NC(=O)CCc1cccc(N)c1)C(C)C. The van der Waals surface area contributed by atoms with E-state index in [0.717, 1.165) is 24.1 Å². The Hall–Kier alpha value is -1.51. The second kappa shape index (κ2) is 7.04. The van der Waals surface area contributed by atoms with Crippen molar-refractivity contribution < 1.29 is 4.79 Å². The summed E-state index contributed by atoms with van der Waals surface area (Å²) in [4.78, 5) is 11.8. The van der Waals surface area contributed by atoms with Gasteiger partial charge in [-0.3, -0.25) is 4.79 Å². The number of nitrogen functional groups attached to an aromatic ring is 1. The first-order valence-electron chi connectivity index (χ1n) is 6.66. The second-order valence-corrected chi connectivity index (χ2v) is 5.07. The van der Waals surface area contributed by atoms with Crippen molar-refractivity contribution in [1.29, 1.82) is 0 Å². The quantitative estimate of drug-likeness (QED) is 0.761. The Kier molecular flexibility index (Phi) is 5.69. The summed E-state index contributed by atoms with van der Waals surface area (Å²) in [5.74, 6) is 0.601. The van der Waals surface area contributed by atoms with E-state index in [1.165, 1.54) is 0 Å². The van der Waals surface area contributed by atoms with Crippen molar-refractivity contribution in [3.8, 4) is 0 Å². The first kappa shape index (κ1) is 14.6. The van der Waals surface area contributed by atoms with Gasteiger partial charge in [-0.15, -0.1) is 0 Å². The molecule has 0 fully saturated rings. The van der Waals surface area contributed by atoms with E-state index in [2.05, 4.69) is 26.1 Å². The second-order valence-electron chi connectivity index (χ2n) is 5.07. The lowest BCUT2D eigenvalue weighted by Crippen LogP contribution is -2.38. The van der Waals surface area contributed by atoms with Gasteiger partial charge < -0.3 is 11.1 Å². The Morgan fingerprint density at radius 2 is 2.11 bits per heavy atom. The summed E-state index contributed by atoms with van der Waals surface area (Å²) in [5, 5.41) is 3.08. The Balaban J connectivity index is 2.41. The topological polar surface area (TPSA) is 55.1 Å². The number of nitrogens with two attached hydrogens (primary N) is 1. The van der Waals surface area contributed by atoms with Crippen LogP contribution in [-0.4, -0.2) is 11.9 Å². The van der Waals surface area contributed by atoms with E-state index < -0.39 is 0 Å². The van der Waals surface area contributed by atoms with Gasteiger partial charge in [-0.25, -0.2) is 0 Å². The van der Waals surface area contributed by atoms with Crippen LogP contribution in [0.4, 0.5) is 5.69 Å². The Morgan fingerprint density at radius 3 is 2.67 bits per heavy atom. The summed E-state index contributed by atoms with van der Waals surface area (Å²) < 4.78 is 0. The maximum atomic E-state index is 11.8. The van der Waals surface area contributed by atoms with Crippen molar-refractivity contribution in [3.63, 3.8) is 0 Å². The summed E-state index contributed by atoms with van der Waals surface area (Å²) >= 11 is 0. The highest BCUT2D eigenvalue weighted by Gasteiger charge is 2.13. The lowest BCUT2D eigenvalue weighted by atomic mass is 10.0. The number of hydrogen-bond donors (Lipinski definition) is 2. The number of rotatable bonds is 6. The number of anilines is 1. The van der Waals surface area contributed by atoms with E-state index in [1.807, 2.05) is 24.3 Å². The number of amides is 1. The zero-order chi connectivity index (χ0) is 13.5. The third-order valence-corrected chi connectivity index (χ3v) is 3.18. The standard InChI is InChI=1S/C15H24N2O/c1-4-14(11(2)3)17-15(18)9-8-12-6-5-7-13(16)10-12/h5-7,10-11,14H,4,8-9,16H2,1-3H3,(H,17,18). The molecule has 3 nitrogen and oxygen atoms in total. The number of benzene rings is 1. The minimum absolute atomic E-state index is 0.123. The van der Waals surface area contributed by atoms with Crippen molar-refractivity contribution in [2.75, 3.05) is 5.73 Å². The molecule has 0 aliphatic heterocycles. The molecule has 0 saturated heterocycles. The van der Waals surface area contributed by atoms with E-state index in [0.29, 0.717) is 12.3 Å². The van der Waals surface area contributed by atoms with Gasteiger partial charge in [-0.2, -0.15) is 0 Å². The molecule has 1 atom stereocenters. The van der Waals surface area contributed by atoms with Gasteiger partial charge in [0.2, 0.25) is 5.91 Å². The van der Waals surface area contributed by atoms with Crippen LogP contribution in [-0.2, 0) is 11.2 Å². The Labute approximate surface area is 110 Å². The minimum atomic E-state index is 0.123. The molecule has 0 bridgehead atoms. The van der Waals surface area contributed by atoms with Crippen LogP contribution in [0.5, 0.6) is 0 Å². The third-order valence-electron chi connectivity index (χ3n) is 3.18. The van der Waals surface area contributed by atoms with Gasteiger partial charge in [0.15, 0.2) is 0 Å². The summed E-state index contributed by atoms with van der Waals surface area (Å²) in [6.07, 6.45) is 2.24. The molecule has 18 heavy (non-hydrogen) atoms. The van der Waals surface area contributed by atoms with Crippen LogP contribution in [0, 0.1) is 5.92 Å². The van der Waals surface area contributed by atoms with Crippen molar-refractivity contribution in [2.24, 2.45) is 5.92 Å². The lowest BCUT2D eigenvalue weighted by molar-refractivity contribution is -0.122. The third kappa shape index (κ3) is 4.78. The molecule has 1 aromatic carbocycles. The molecule has 1 rings (SSSR count). The zero-order valence-electron chi connectivity index (χ0n) is 11.6. The zero-order valence-corrected chi connectivity index (χ0v) is 11.6. The maximum Gasteiger partial charge on any atom is 0.220 e. The lowest BCUT2D eigenvalue weighted by Gasteiger charge is -2.20. The van der Waals surface area contributed by atoms with E-state index in [4.69, 9.17) is 5.73 Å². The molecular weight excluding hydrogens is 224 g/mol. The van der Waals surface area contributed by atoms with Gasteiger partial charge in [0.05, 0.1) is 0 Å². The predicted molar refractivity (Wildman–Crippen MR) is 76.2 cm³/mol. The van der Waals surface area contributed by atoms with E-state index in [1.54, 1.807) is 0 Å². The molecule has 1 amide bonds. The van der Waals surface area contributed by atoms with E-state index >= 15 is 0 Å². The van der Waals surface area contributed by atoms with Crippen molar-refractivity contribution in [3.05, 3.63) is 29.8 Å². The van der Waals surface area contributed by atoms with Crippen LogP contribution in [0.2, 0.25) is 0 Å². The van der Waals surface area contributed by atoms with Crippen LogP contribution in [0.25, 0.3) is 0 Å². The molecule has 1 unspecified atom stereocenters. The molecule has 0 spiro atoms. The van der Waals surface area contributed by atoms with Gasteiger partial charge in [-0.1, -0.05) is 32.9 Å². The number of nitrogens with one attached hydrogen (secondary N) is 1. The van der Waals surface area contributed by atoms with Crippen LogP contribution in [0.1, 0.15) is 39.2 Å². The smallest absolute Gasteiger partial charge is 0.220 e. The normalized spacial score (nSPS) is 12.4. The molecule has 0 aromatic heterocycles. The molecule has 0 aliphatic rings. The number of carbonyl (C=O) groups is 1. The predicted octanol–water partition coefficient (Wildman–Crippen LogP) is 2.75. The van der Waals surface area contributed by atoms with Crippen molar-refractivity contribution in [1.82, 2.24) is 5.32 Å². The molecule has 1 aromatic rings. The van der Waals surface area contributed by atoms with Crippen molar-refractivity contribution >= 4 is 11.6 Å². The van der Waals surface area contributed by atoms with Gasteiger partial charge >= 0.3 is 0 Å². The summed E-state index contributed by atoms with van der Waals surface area (Å²) in [7, 11) is 0. The average molecular weight is 248 g/mol. The van der Waals surface area contributed by atoms with Crippen LogP contribution >= 0.6 is 0 Å². The minimum Gasteiger partial charge on any atom is -0.399 e. The molecule has 0 heterocycles. The number of hydrogen-bond acceptors (Lipinski definition) is 2. The average Bonchev–Trinajstić information content (AvgIpc) is 2.33. The van der Waals surface area contributed by atoms with Gasteiger partial charge in [-0.05, 0) is 36.5 Å². The maximum absolute atomic E-state index is 11.8. The molecule has 0 saturated carbocycles. The summed E-state index contributed by atoms with van der Waals surface area (Å²) in [6, 6.07) is 7.98. The highest BCUT2D eigenvalue weighted by atomic mass is 16.1. The van der Waals surface area contributed by atoms with E-state index in [-0.39, 0.29) is 11.9 Å². The summed E-state index contributed by atoms with van der Waals surface area (Å²) in [6.45, 7) is 6.36. The highest BCUT2D eigenvalue weighted by Crippen LogP contribution is 2.10. The van der Waals surface area contributed by atoms with E-state index in [9.17, 15) is 4.79 Å². The van der Waals surface area contributed by atoms with Gasteiger partial charge in [0.25, 0.3) is 0 Å². The fourth-order valence-corrected chi connectivity index (χ4v) is 2.03. The van der Waals surface area contributed by atoms with Crippen molar-refractivity contribution in [2.45, 2.75) is 46.1 Å². The fraction of sp³-hybridized carbons (Fsp3) is 0.533. The number of aryl methyl sites for hydroxylation is 1. The van der Waals surface area contributed by atoms with Crippen LogP contribution < -0.4 is 11.1 Å². The van der Waals surface area contributed by atoms with Gasteiger partial charge in [0, 0.05) is 18.2 Å². The highest BCUT2D eigenvalue weighted by molar-refractivity contribution is 5.76. The molecule has 0 radical (unpaired) electrons. The molecule has 0 aliphatic carbocycles. The molecule has 3 heteroatoms. The fourth-order valence-electron chi connectivity index (χ4n) is 2.03. The molecule has 100 valence electrons. The number of carbonyl (C=O) groups excluding carboxylic acids is 1. The molecular formula is C15H24N2O. The Morgan fingerprint density at radius 1 is 1.39 bits per heavy atom. The first-order chi connectivity index (χ1) is 8.52. The van der Waals surface area contributed by atoms with Gasteiger partial charge in [0.1, 0.15) is 0 Å². The van der Waals surface area contributed by atoms with Crippen LogP contribution in [0.15, 0.2) is 24.3 Å². The van der Waals surface area contributed by atoms with Crippen LogP contribution in [0.3, 0.4) is 0 Å². The monoisotopic (exact) mass is 248 g/mol. The largest absolute Gasteiger partial charge is 0.399 e. The Bertz CT molecular complexity index is 388. The first-order valence-corrected chi connectivity index (χ1v) is 6.66.